The number of pyridine rings is 1. The zero-order chi connectivity index (χ0) is 14.7. The third-order valence-corrected chi connectivity index (χ3v) is 2.88. The number of nitrogen functional groups attached to an aromatic ring is 1. The van der Waals surface area contributed by atoms with Crippen molar-refractivity contribution in [2.75, 3.05) is 5.43 Å². The summed E-state index contributed by atoms with van der Waals surface area (Å²) in [7, 11) is 0. The molecule has 2 aromatic heterocycles. The number of hydrogen-bond acceptors (Lipinski definition) is 6. The number of hydrazine groups is 1. The Kier molecular flexibility index (Phi) is 3.94. The maximum atomic E-state index is 13.9. The van der Waals surface area contributed by atoms with Gasteiger partial charge in [-0.05, 0) is 19.9 Å². The number of halogens is 1. The number of hydrogen-bond donors (Lipinski definition) is 3. The van der Waals surface area contributed by atoms with Gasteiger partial charge in [-0.15, -0.1) is 0 Å². The zero-order valence-corrected chi connectivity index (χ0v) is 11.0. The van der Waals surface area contributed by atoms with E-state index in [0.29, 0.717) is 11.5 Å². The first-order valence-corrected chi connectivity index (χ1v) is 5.85. The molecule has 0 saturated carbocycles. The molecule has 0 aliphatic rings. The van der Waals surface area contributed by atoms with E-state index < -0.39 is 11.7 Å². The van der Waals surface area contributed by atoms with Crippen molar-refractivity contribution >= 4 is 11.7 Å². The summed E-state index contributed by atoms with van der Waals surface area (Å²) in [6.45, 7) is 3.71. The SMILES string of the molecule is Cc1noc(C)c1CNC(=O)c1ccnc(NN)c1F. The average molecular weight is 279 g/mol. The second-order valence-electron chi connectivity index (χ2n) is 4.15. The van der Waals surface area contributed by atoms with Gasteiger partial charge in [-0.3, -0.25) is 4.79 Å². The fraction of sp³-hybridized carbons (Fsp3) is 0.250. The normalized spacial score (nSPS) is 10.4. The van der Waals surface area contributed by atoms with Gasteiger partial charge in [0.15, 0.2) is 11.6 Å². The summed E-state index contributed by atoms with van der Waals surface area (Å²) in [6.07, 6.45) is 1.29. The topological polar surface area (TPSA) is 106 Å². The number of carbonyl (C=O) groups is 1. The summed E-state index contributed by atoms with van der Waals surface area (Å²) in [4.78, 5) is 15.6. The van der Waals surface area contributed by atoms with Crippen LogP contribution in [0.2, 0.25) is 0 Å². The molecule has 2 heterocycles. The Labute approximate surface area is 114 Å². The smallest absolute Gasteiger partial charge is 0.254 e. The summed E-state index contributed by atoms with van der Waals surface area (Å²) in [5.74, 6) is 4.17. The van der Waals surface area contributed by atoms with Gasteiger partial charge in [0.2, 0.25) is 0 Å². The van der Waals surface area contributed by atoms with E-state index in [9.17, 15) is 9.18 Å². The number of anilines is 1. The monoisotopic (exact) mass is 279 g/mol. The molecule has 0 atom stereocenters. The highest BCUT2D eigenvalue weighted by atomic mass is 19.1. The third-order valence-electron chi connectivity index (χ3n) is 2.88. The van der Waals surface area contributed by atoms with E-state index in [2.05, 4.69) is 20.9 Å². The Balaban J connectivity index is 2.13. The minimum atomic E-state index is -0.800. The van der Waals surface area contributed by atoms with Crippen LogP contribution < -0.4 is 16.6 Å². The molecule has 106 valence electrons. The lowest BCUT2D eigenvalue weighted by Crippen LogP contribution is -2.25. The predicted octanol–water partition coefficient (Wildman–Crippen LogP) is 1.04. The van der Waals surface area contributed by atoms with Gasteiger partial charge >= 0.3 is 0 Å². The van der Waals surface area contributed by atoms with E-state index in [1.807, 2.05) is 0 Å². The van der Waals surface area contributed by atoms with Crippen LogP contribution in [0.1, 0.15) is 27.4 Å². The fourth-order valence-corrected chi connectivity index (χ4v) is 1.74. The van der Waals surface area contributed by atoms with Crippen LogP contribution >= 0.6 is 0 Å². The minimum Gasteiger partial charge on any atom is -0.361 e. The Morgan fingerprint density at radius 1 is 1.50 bits per heavy atom. The van der Waals surface area contributed by atoms with Gasteiger partial charge in [-0.1, -0.05) is 5.16 Å². The first-order valence-electron chi connectivity index (χ1n) is 5.85. The van der Waals surface area contributed by atoms with E-state index >= 15 is 0 Å². The van der Waals surface area contributed by atoms with Crippen LogP contribution in [0.25, 0.3) is 0 Å². The molecule has 0 bridgehead atoms. The highest BCUT2D eigenvalue weighted by Crippen LogP contribution is 2.15. The maximum Gasteiger partial charge on any atom is 0.254 e. The first kappa shape index (κ1) is 13.9. The lowest BCUT2D eigenvalue weighted by atomic mass is 10.2. The highest BCUT2D eigenvalue weighted by molar-refractivity contribution is 5.95. The van der Waals surface area contributed by atoms with Crippen molar-refractivity contribution in [2.24, 2.45) is 5.84 Å². The second-order valence-corrected chi connectivity index (χ2v) is 4.15. The molecule has 4 N–H and O–H groups in total. The van der Waals surface area contributed by atoms with E-state index in [1.165, 1.54) is 12.3 Å². The molecule has 8 heteroatoms. The van der Waals surface area contributed by atoms with Crippen molar-refractivity contribution in [1.82, 2.24) is 15.5 Å². The average Bonchev–Trinajstić information content (AvgIpc) is 2.76. The number of aromatic nitrogens is 2. The molecule has 7 nitrogen and oxygen atoms in total. The van der Waals surface area contributed by atoms with Crippen molar-refractivity contribution < 1.29 is 13.7 Å². The molecule has 2 aromatic rings. The molecule has 0 saturated heterocycles. The fourth-order valence-electron chi connectivity index (χ4n) is 1.74. The second kappa shape index (κ2) is 5.66. The van der Waals surface area contributed by atoms with Gasteiger partial charge in [0.1, 0.15) is 5.76 Å². The van der Waals surface area contributed by atoms with Crippen molar-refractivity contribution in [3.05, 3.63) is 40.7 Å². The standard InChI is InChI=1S/C12H14FN5O2/c1-6-9(7(2)20-18-6)5-16-12(19)8-3-4-15-11(17-14)10(8)13/h3-4H,5,14H2,1-2H3,(H,15,17)(H,16,19). The predicted molar refractivity (Wildman–Crippen MR) is 69.2 cm³/mol. The van der Waals surface area contributed by atoms with Gasteiger partial charge in [0, 0.05) is 18.3 Å². The third kappa shape index (κ3) is 2.59. The number of nitrogens with zero attached hydrogens (tertiary/aromatic N) is 2. The maximum absolute atomic E-state index is 13.9. The number of carbonyl (C=O) groups excluding carboxylic acids is 1. The summed E-state index contributed by atoms with van der Waals surface area (Å²) < 4.78 is 18.8. The number of aryl methyl sites for hydroxylation is 2. The van der Waals surface area contributed by atoms with Gasteiger partial charge in [-0.25, -0.2) is 15.2 Å². The van der Waals surface area contributed by atoms with Crippen molar-refractivity contribution in [1.29, 1.82) is 0 Å². The molecular formula is C12H14FN5O2. The molecule has 0 aliphatic carbocycles. The minimum absolute atomic E-state index is 0.139. The van der Waals surface area contributed by atoms with Crippen LogP contribution in [0.4, 0.5) is 10.2 Å². The molecule has 20 heavy (non-hydrogen) atoms. The van der Waals surface area contributed by atoms with Crippen LogP contribution in [0.15, 0.2) is 16.8 Å². The summed E-state index contributed by atoms with van der Waals surface area (Å²) in [5.41, 5.74) is 3.40. The Morgan fingerprint density at radius 2 is 2.25 bits per heavy atom. The molecule has 0 aliphatic heterocycles. The van der Waals surface area contributed by atoms with Crippen molar-refractivity contribution in [3.8, 4) is 0 Å². The summed E-state index contributed by atoms with van der Waals surface area (Å²) >= 11 is 0. The molecule has 0 spiro atoms. The molecule has 0 aromatic carbocycles. The van der Waals surface area contributed by atoms with Crippen molar-refractivity contribution in [3.63, 3.8) is 0 Å². The molecule has 0 radical (unpaired) electrons. The first-order chi connectivity index (χ1) is 9.54. The number of rotatable bonds is 4. The Bertz CT molecular complexity index is 621. The van der Waals surface area contributed by atoms with Gasteiger partial charge < -0.3 is 15.3 Å². The molecule has 0 unspecified atom stereocenters. The number of amides is 1. The van der Waals surface area contributed by atoms with Crippen LogP contribution in [-0.2, 0) is 6.54 Å². The molecule has 0 fully saturated rings. The lowest BCUT2D eigenvalue weighted by molar-refractivity contribution is 0.0946. The number of nitrogens with two attached hydrogens (primary N) is 1. The Hall–Kier alpha value is -2.48. The van der Waals surface area contributed by atoms with Gasteiger partial charge in [0.25, 0.3) is 5.91 Å². The Morgan fingerprint density at radius 3 is 2.85 bits per heavy atom. The largest absolute Gasteiger partial charge is 0.361 e. The molecular weight excluding hydrogens is 265 g/mol. The zero-order valence-electron chi connectivity index (χ0n) is 11.0. The van der Waals surface area contributed by atoms with Crippen LogP contribution in [-0.4, -0.2) is 16.0 Å². The quantitative estimate of drug-likeness (QED) is 0.570. The summed E-state index contributed by atoms with van der Waals surface area (Å²) in [6, 6.07) is 1.28. The highest BCUT2D eigenvalue weighted by Gasteiger charge is 2.17. The molecule has 2 rings (SSSR count). The van der Waals surface area contributed by atoms with E-state index in [1.54, 1.807) is 13.8 Å². The van der Waals surface area contributed by atoms with Crippen LogP contribution in [0.3, 0.4) is 0 Å². The van der Waals surface area contributed by atoms with E-state index in [4.69, 9.17) is 10.4 Å². The number of nitrogens with one attached hydrogen (secondary N) is 2. The van der Waals surface area contributed by atoms with Gasteiger partial charge in [-0.2, -0.15) is 0 Å². The lowest BCUT2D eigenvalue weighted by Gasteiger charge is -2.07. The summed E-state index contributed by atoms with van der Waals surface area (Å²) in [5, 5.41) is 6.37. The van der Waals surface area contributed by atoms with E-state index in [-0.39, 0.29) is 17.9 Å². The van der Waals surface area contributed by atoms with Crippen LogP contribution in [0, 0.1) is 19.7 Å². The van der Waals surface area contributed by atoms with Gasteiger partial charge in [0.05, 0.1) is 11.3 Å². The van der Waals surface area contributed by atoms with Crippen LogP contribution in [0.5, 0.6) is 0 Å². The van der Waals surface area contributed by atoms with E-state index in [0.717, 1.165) is 5.56 Å². The van der Waals surface area contributed by atoms with Crippen molar-refractivity contribution in [2.45, 2.75) is 20.4 Å². The molecule has 1 amide bonds.